The second-order valence-electron chi connectivity index (χ2n) is 3.12. The number of thiazole rings is 1. The molecule has 0 aliphatic heterocycles. The minimum Gasteiger partial charge on any atom is -0.431 e. The third-order valence-corrected chi connectivity index (χ3v) is 3.43. The zero-order valence-electron chi connectivity index (χ0n) is 8.39. The Morgan fingerprint density at radius 3 is 2.88 bits per heavy atom. The highest BCUT2D eigenvalue weighted by Crippen LogP contribution is 2.29. The molecule has 1 aromatic carbocycles. The molecule has 0 saturated heterocycles. The van der Waals surface area contributed by atoms with E-state index in [9.17, 15) is 0 Å². The van der Waals surface area contributed by atoms with E-state index >= 15 is 0 Å². The molecule has 0 amide bonds. The van der Waals surface area contributed by atoms with Crippen LogP contribution in [0.4, 0.5) is 0 Å². The second kappa shape index (κ2) is 5.43. The molecule has 5 heteroatoms. The highest BCUT2D eigenvalue weighted by atomic mass is 79.9. The number of ether oxygens (including phenoxy) is 1. The molecule has 84 valence electrons. The zero-order valence-corrected chi connectivity index (χ0v) is 10.8. The lowest BCUT2D eigenvalue weighted by molar-refractivity contribution is 0.298. The van der Waals surface area contributed by atoms with Gasteiger partial charge in [-0.25, -0.2) is 0 Å². The maximum atomic E-state index is 8.94. The number of nitrogens with zero attached hydrogens (tertiary/aromatic N) is 1. The molecular weight excluding hydrogens is 290 g/mol. The van der Waals surface area contributed by atoms with E-state index in [0.29, 0.717) is 11.6 Å². The summed E-state index contributed by atoms with van der Waals surface area (Å²) < 4.78 is 6.42. The minimum atomic E-state index is 0.113. The van der Waals surface area contributed by atoms with E-state index < -0.39 is 0 Å². The smallest absolute Gasteiger partial charge is 0.279 e. The van der Waals surface area contributed by atoms with Crippen LogP contribution in [0.1, 0.15) is 5.56 Å². The lowest BCUT2D eigenvalue weighted by Gasteiger charge is -2.07. The molecule has 0 bridgehead atoms. The van der Waals surface area contributed by atoms with Gasteiger partial charge >= 0.3 is 0 Å². The van der Waals surface area contributed by atoms with Gasteiger partial charge in [-0.3, -0.25) is 0 Å². The molecule has 16 heavy (non-hydrogen) atoms. The minimum absolute atomic E-state index is 0.113. The SMILES string of the molecule is OCCc1ccccc1Oc1nc(Br)cs1. The predicted octanol–water partition coefficient (Wildman–Crippen LogP) is 3.23. The molecule has 3 nitrogen and oxygen atoms in total. The molecular formula is C11H10BrNO2S. The van der Waals surface area contributed by atoms with E-state index in [2.05, 4.69) is 20.9 Å². The van der Waals surface area contributed by atoms with Gasteiger partial charge in [0.15, 0.2) is 0 Å². The second-order valence-corrected chi connectivity index (χ2v) is 4.75. The fraction of sp³-hybridized carbons (Fsp3) is 0.182. The summed E-state index contributed by atoms with van der Waals surface area (Å²) in [5, 5.41) is 11.4. The van der Waals surface area contributed by atoms with Crippen LogP contribution in [-0.4, -0.2) is 16.7 Å². The largest absolute Gasteiger partial charge is 0.431 e. The zero-order chi connectivity index (χ0) is 11.4. The van der Waals surface area contributed by atoms with Crippen LogP contribution >= 0.6 is 27.3 Å². The number of aliphatic hydroxyl groups excluding tert-OH is 1. The molecule has 0 aliphatic rings. The average Bonchev–Trinajstić information content (AvgIpc) is 2.67. The van der Waals surface area contributed by atoms with Crippen molar-refractivity contribution in [2.45, 2.75) is 6.42 Å². The summed E-state index contributed by atoms with van der Waals surface area (Å²) in [4.78, 5) is 4.16. The topological polar surface area (TPSA) is 42.4 Å². The first-order chi connectivity index (χ1) is 7.79. The summed E-state index contributed by atoms with van der Waals surface area (Å²) in [6.07, 6.45) is 0.586. The van der Waals surface area contributed by atoms with Gasteiger partial charge in [-0.1, -0.05) is 29.5 Å². The van der Waals surface area contributed by atoms with Crippen LogP contribution in [0.3, 0.4) is 0 Å². The third-order valence-electron chi connectivity index (χ3n) is 2.01. The molecule has 1 aromatic heterocycles. The summed E-state index contributed by atoms with van der Waals surface area (Å²) in [5.74, 6) is 0.749. The Hall–Kier alpha value is -0.910. The number of hydrogen-bond acceptors (Lipinski definition) is 4. The van der Waals surface area contributed by atoms with Crippen LogP contribution in [0.5, 0.6) is 10.9 Å². The maximum Gasteiger partial charge on any atom is 0.279 e. The summed E-state index contributed by atoms with van der Waals surface area (Å²) in [7, 11) is 0. The molecule has 1 N–H and O–H groups in total. The Morgan fingerprint density at radius 1 is 1.38 bits per heavy atom. The highest BCUT2D eigenvalue weighted by Gasteiger charge is 2.06. The van der Waals surface area contributed by atoms with Gasteiger partial charge < -0.3 is 9.84 Å². The van der Waals surface area contributed by atoms with Crippen LogP contribution < -0.4 is 4.74 Å². The van der Waals surface area contributed by atoms with Crippen molar-refractivity contribution < 1.29 is 9.84 Å². The number of aromatic nitrogens is 1. The first-order valence-electron chi connectivity index (χ1n) is 4.77. The van der Waals surface area contributed by atoms with Crippen molar-refractivity contribution in [1.82, 2.24) is 4.98 Å². The lowest BCUT2D eigenvalue weighted by atomic mass is 10.1. The summed E-state index contributed by atoms with van der Waals surface area (Å²) in [6.45, 7) is 0.113. The van der Waals surface area contributed by atoms with Gasteiger partial charge in [0.2, 0.25) is 0 Å². The molecule has 0 unspecified atom stereocenters. The first-order valence-corrected chi connectivity index (χ1v) is 6.44. The van der Waals surface area contributed by atoms with Gasteiger partial charge in [0.05, 0.1) is 0 Å². The van der Waals surface area contributed by atoms with Crippen molar-refractivity contribution in [2.75, 3.05) is 6.61 Å². The number of benzene rings is 1. The maximum absolute atomic E-state index is 8.94. The van der Waals surface area contributed by atoms with Crippen molar-refractivity contribution in [3.8, 4) is 10.9 Å². The molecule has 0 atom stereocenters. The van der Waals surface area contributed by atoms with Crippen molar-refractivity contribution in [3.63, 3.8) is 0 Å². The third kappa shape index (κ3) is 2.81. The summed E-state index contributed by atoms with van der Waals surface area (Å²) in [6, 6.07) is 7.64. The Kier molecular flexibility index (Phi) is 3.93. The van der Waals surface area contributed by atoms with Crippen molar-refractivity contribution >= 4 is 27.3 Å². The van der Waals surface area contributed by atoms with Crippen molar-refractivity contribution in [1.29, 1.82) is 0 Å². The standard InChI is InChI=1S/C11H10BrNO2S/c12-10-7-16-11(13-10)15-9-4-2-1-3-8(9)5-6-14/h1-4,7,14H,5-6H2. The summed E-state index contributed by atoms with van der Waals surface area (Å²) >= 11 is 4.70. The number of aliphatic hydroxyl groups is 1. The molecule has 0 spiro atoms. The van der Waals surface area contributed by atoms with Gasteiger partial charge in [0.1, 0.15) is 10.4 Å². The van der Waals surface area contributed by atoms with Crippen LogP contribution in [0, 0.1) is 0 Å². The van der Waals surface area contributed by atoms with Crippen LogP contribution in [-0.2, 0) is 6.42 Å². The molecule has 2 aromatic rings. The number of rotatable bonds is 4. The van der Waals surface area contributed by atoms with E-state index in [1.54, 1.807) is 0 Å². The van der Waals surface area contributed by atoms with E-state index in [1.165, 1.54) is 11.3 Å². The van der Waals surface area contributed by atoms with Crippen LogP contribution in [0.15, 0.2) is 34.2 Å². The van der Waals surface area contributed by atoms with Gasteiger partial charge in [-0.05, 0) is 34.0 Å². The molecule has 1 heterocycles. The monoisotopic (exact) mass is 299 g/mol. The number of para-hydroxylation sites is 1. The Labute approximate surface area is 106 Å². The van der Waals surface area contributed by atoms with Gasteiger partial charge in [0, 0.05) is 12.0 Å². The van der Waals surface area contributed by atoms with Gasteiger partial charge in [-0.15, -0.1) is 0 Å². The Balaban J connectivity index is 2.20. The predicted molar refractivity (Wildman–Crippen MR) is 67.1 cm³/mol. The van der Waals surface area contributed by atoms with Crippen molar-refractivity contribution in [3.05, 3.63) is 39.8 Å². The van der Waals surface area contributed by atoms with Crippen molar-refractivity contribution in [2.24, 2.45) is 0 Å². The van der Waals surface area contributed by atoms with E-state index in [1.807, 2.05) is 29.6 Å². The van der Waals surface area contributed by atoms with Gasteiger partial charge in [-0.2, -0.15) is 4.98 Å². The average molecular weight is 300 g/mol. The quantitative estimate of drug-likeness (QED) is 0.942. The first kappa shape index (κ1) is 11.6. The van der Waals surface area contributed by atoms with Crippen LogP contribution in [0.2, 0.25) is 0 Å². The molecule has 0 fully saturated rings. The Morgan fingerprint density at radius 2 is 2.19 bits per heavy atom. The normalized spacial score (nSPS) is 10.4. The summed E-state index contributed by atoms with van der Waals surface area (Å²) in [5.41, 5.74) is 0.983. The van der Waals surface area contributed by atoms with E-state index in [0.717, 1.165) is 15.9 Å². The number of halogens is 1. The molecule has 0 aliphatic carbocycles. The lowest BCUT2D eigenvalue weighted by Crippen LogP contribution is -1.94. The van der Waals surface area contributed by atoms with Crippen LogP contribution in [0.25, 0.3) is 0 Å². The molecule has 0 saturated carbocycles. The molecule has 0 radical (unpaired) electrons. The Bertz CT molecular complexity index is 473. The molecule has 2 rings (SSSR count). The van der Waals surface area contributed by atoms with Gasteiger partial charge in [0.25, 0.3) is 5.19 Å². The fourth-order valence-corrected chi connectivity index (χ4v) is 2.41. The highest BCUT2D eigenvalue weighted by molar-refractivity contribution is 9.10. The fourth-order valence-electron chi connectivity index (χ4n) is 1.31. The van der Waals surface area contributed by atoms with E-state index in [-0.39, 0.29) is 6.61 Å². The number of hydrogen-bond donors (Lipinski definition) is 1. The van der Waals surface area contributed by atoms with E-state index in [4.69, 9.17) is 9.84 Å².